The van der Waals surface area contributed by atoms with Gasteiger partial charge in [-0.05, 0) is 11.5 Å². The third-order valence-corrected chi connectivity index (χ3v) is 3.22. The molecule has 0 unspecified atom stereocenters. The summed E-state index contributed by atoms with van der Waals surface area (Å²) in [6, 6.07) is 7.36. The molecule has 3 aromatic rings. The monoisotopic (exact) mass is 225 g/mol. The second kappa shape index (κ2) is 2.63. The molecule has 4 rings (SSSR count). The molecule has 0 fully saturated rings. The second-order valence-corrected chi connectivity index (χ2v) is 4.12. The quantitative estimate of drug-likeness (QED) is 0.573. The molecule has 3 heterocycles. The molecule has 2 aromatic heterocycles. The van der Waals surface area contributed by atoms with Crippen LogP contribution >= 0.6 is 0 Å². The molecule has 0 saturated carbocycles. The van der Waals surface area contributed by atoms with Crippen LogP contribution < -0.4 is 5.56 Å². The van der Waals surface area contributed by atoms with Crippen LogP contribution in [0.25, 0.3) is 21.8 Å². The number of carbonyl (C=O) groups is 1. The molecule has 0 N–H and O–H groups in total. The highest BCUT2D eigenvalue weighted by Crippen LogP contribution is 2.24. The normalized spacial score (nSPS) is 14.0. The molecule has 1 aliphatic heterocycles. The lowest BCUT2D eigenvalue weighted by Gasteiger charge is -2.02. The number of hydrogen-bond donors (Lipinski definition) is 0. The summed E-state index contributed by atoms with van der Waals surface area (Å²) < 4.78 is 2.80. The first-order chi connectivity index (χ1) is 8.27. The molecule has 0 aliphatic carbocycles. The van der Waals surface area contributed by atoms with Crippen LogP contribution in [0, 0.1) is 0 Å². The van der Waals surface area contributed by atoms with Crippen LogP contribution in [-0.2, 0) is 6.54 Å². The third-order valence-electron chi connectivity index (χ3n) is 3.22. The lowest BCUT2D eigenvalue weighted by molar-refractivity contribution is 0.0901. The molecule has 0 amide bonds. The molecule has 0 radical (unpaired) electrons. The highest BCUT2D eigenvalue weighted by Gasteiger charge is 2.25. The van der Waals surface area contributed by atoms with Crippen molar-refractivity contribution in [1.29, 1.82) is 0 Å². The summed E-state index contributed by atoms with van der Waals surface area (Å²) in [6.45, 7) is 0.0866. The van der Waals surface area contributed by atoms with Gasteiger partial charge in [0.1, 0.15) is 6.54 Å². The second-order valence-electron chi connectivity index (χ2n) is 4.12. The summed E-state index contributed by atoms with van der Waals surface area (Å²) >= 11 is 0. The van der Waals surface area contributed by atoms with Crippen LogP contribution in [-0.4, -0.2) is 20.3 Å². The van der Waals surface area contributed by atoms with Gasteiger partial charge in [-0.1, -0.05) is 18.2 Å². The van der Waals surface area contributed by atoms with Gasteiger partial charge in [-0.3, -0.25) is 14.2 Å². The molecule has 5 nitrogen and oxygen atoms in total. The van der Waals surface area contributed by atoms with Crippen LogP contribution in [0.15, 0.2) is 35.3 Å². The Morgan fingerprint density at radius 3 is 2.65 bits per heavy atom. The number of aromatic nitrogens is 3. The number of carbonyl (C=O) groups excluding carboxylic acids is 1. The molecule has 0 atom stereocenters. The first-order valence-electron chi connectivity index (χ1n) is 5.30. The number of nitrogens with zero attached hydrogens (tertiary/aromatic N) is 3. The summed E-state index contributed by atoms with van der Waals surface area (Å²) in [7, 11) is 0. The molecule has 17 heavy (non-hydrogen) atoms. The lowest BCUT2D eigenvalue weighted by Crippen LogP contribution is -2.19. The fourth-order valence-electron chi connectivity index (χ4n) is 2.47. The first kappa shape index (κ1) is 8.69. The van der Waals surface area contributed by atoms with Gasteiger partial charge in [-0.15, -0.1) is 0 Å². The Morgan fingerprint density at radius 2 is 1.82 bits per heavy atom. The topological polar surface area (TPSA) is 56.9 Å². The van der Waals surface area contributed by atoms with Gasteiger partial charge in [-0.2, -0.15) is 9.78 Å². The first-order valence-corrected chi connectivity index (χ1v) is 5.30. The number of hydrogen-bond acceptors (Lipinski definition) is 3. The average molecular weight is 225 g/mol. The summed E-state index contributed by atoms with van der Waals surface area (Å²) in [5, 5.41) is 6.38. The van der Waals surface area contributed by atoms with E-state index < -0.39 is 0 Å². The lowest BCUT2D eigenvalue weighted by atomic mass is 10.1. The molecule has 0 spiro atoms. The number of pyridine rings is 1. The molecule has 0 bridgehead atoms. The highest BCUT2D eigenvalue weighted by molar-refractivity contribution is 6.08. The van der Waals surface area contributed by atoms with Gasteiger partial charge in [0.25, 0.3) is 11.5 Å². The minimum Gasteiger partial charge on any atom is -0.282 e. The smallest absolute Gasteiger partial charge is 0.268 e. The number of fused-ring (bicyclic) bond motifs is 2. The maximum atomic E-state index is 12.2. The van der Waals surface area contributed by atoms with Crippen molar-refractivity contribution in [2.24, 2.45) is 0 Å². The van der Waals surface area contributed by atoms with Crippen molar-refractivity contribution in [3.8, 4) is 0 Å². The van der Waals surface area contributed by atoms with Crippen LogP contribution in [0.5, 0.6) is 0 Å². The number of rotatable bonds is 0. The van der Waals surface area contributed by atoms with Crippen molar-refractivity contribution >= 4 is 27.7 Å². The van der Waals surface area contributed by atoms with Crippen molar-refractivity contribution in [3.05, 3.63) is 40.8 Å². The summed E-state index contributed by atoms with van der Waals surface area (Å²) in [5.41, 5.74) is 0.486. The van der Waals surface area contributed by atoms with Crippen molar-refractivity contribution in [3.63, 3.8) is 0 Å². The molecular formula is C12H7N3O2. The Hall–Kier alpha value is -2.43. The van der Waals surface area contributed by atoms with Gasteiger partial charge in [0, 0.05) is 10.8 Å². The molecule has 5 heteroatoms. The molecule has 1 aliphatic rings. The van der Waals surface area contributed by atoms with Gasteiger partial charge in [0.15, 0.2) is 5.65 Å². The van der Waals surface area contributed by atoms with Gasteiger partial charge < -0.3 is 0 Å². The van der Waals surface area contributed by atoms with E-state index in [0.717, 1.165) is 10.8 Å². The number of benzene rings is 1. The maximum Gasteiger partial charge on any atom is 0.268 e. The van der Waals surface area contributed by atoms with Crippen molar-refractivity contribution in [2.75, 3.05) is 0 Å². The van der Waals surface area contributed by atoms with Gasteiger partial charge in [-0.25, -0.2) is 0 Å². The standard InChI is InChI=1S/C12H7N3O2/c16-10-6-14-11-9(5-13-15(10)11)7-3-1-2-4-8(7)12(14)17/h1-5H,6H2. The maximum absolute atomic E-state index is 12.2. The summed E-state index contributed by atoms with van der Waals surface area (Å²) in [6.07, 6.45) is 1.64. The van der Waals surface area contributed by atoms with E-state index in [0.29, 0.717) is 11.0 Å². The van der Waals surface area contributed by atoms with Gasteiger partial charge >= 0.3 is 0 Å². The minimum atomic E-state index is -0.160. The largest absolute Gasteiger partial charge is 0.282 e. The van der Waals surface area contributed by atoms with E-state index in [4.69, 9.17) is 0 Å². The zero-order valence-corrected chi connectivity index (χ0v) is 8.75. The van der Waals surface area contributed by atoms with Gasteiger partial charge in [0.05, 0.1) is 6.20 Å². The van der Waals surface area contributed by atoms with Crippen molar-refractivity contribution in [1.82, 2.24) is 14.3 Å². The molecule has 82 valence electrons. The van der Waals surface area contributed by atoms with E-state index >= 15 is 0 Å². The molecular weight excluding hydrogens is 218 g/mol. The Labute approximate surface area is 94.9 Å². The SMILES string of the molecule is O=C1Cn2c(=O)c3ccccc3c3cnn1c32. The van der Waals surface area contributed by atoms with E-state index in [9.17, 15) is 9.59 Å². The van der Waals surface area contributed by atoms with E-state index in [2.05, 4.69) is 5.10 Å². The van der Waals surface area contributed by atoms with E-state index in [-0.39, 0.29) is 18.0 Å². The van der Waals surface area contributed by atoms with Crippen LogP contribution in [0.1, 0.15) is 4.79 Å². The summed E-state index contributed by atoms with van der Waals surface area (Å²) in [4.78, 5) is 23.9. The predicted molar refractivity (Wildman–Crippen MR) is 62.1 cm³/mol. The zero-order valence-electron chi connectivity index (χ0n) is 8.75. The Kier molecular flexibility index (Phi) is 1.34. The Morgan fingerprint density at radius 1 is 1.06 bits per heavy atom. The highest BCUT2D eigenvalue weighted by atomic mass is 16.2. The Balaban J connectivity index is 2.43. The van der Waals surface area contributed by atoms with Crippen LogP contribution in [0.4, 0.5) is 0 Å². The fraction of sp³-hybridized carbons (Fsp3) is 0.0833. The molecule has 0 saturated heterocycles. The van der Waals surface area contributed by atoms with Gasteiger partial charge in [0.2, 0.25) is 0 Å². The van der Waals surface area contributed by atoms with Crippen molar-refractivity contribution < 1.29 is 4.79 Å². The minimum absolute atomic E-state index is 0.0866. The molecule has 1 aromatic carbocycles. The van der Waals surface area contributed by atoms with Crippen molar-refractivity contribution in [2.45, 2.75) is 6.54 Å². The van der Waals surface area contributed by atoms with E-state index in [1.165, 1.54) is 9.25 Å². The predicted octanol–water partition coefficient (Wildman–Crippen LogP) is 1.00. The zero-order chi connectivity index (χ0) is 11.6. The third kappa shape index (κ3) is 0.875. The summed E-state index contributed by atoms with van der Waals surface area (Å²) in [5.74, 6) is -0.160. The van der Waals surface area contributed by atoms with Crippen LogP contribution in [0.2, 0.25) is 0 Å². The fourth-order valence-corrected chi connectivity index (χ4v) is 2.47. The van der Waals surface area contributed by atoms with E-state index in [1.807, 2.05) is 18.2 Å². The van der Waals surface area contributed by atoms with Crippen LogP contribution in [0.3, 0.4) is 0 Å². The Bertz CT molecular complexity index is 857. The average Bonchev–Trinajstić information content (AvgIpc) is 2.90. The van der Waals surface area contributed by atoms with E-state index in [1.54, 1.807) is 12.3 Å².